The molecule has 250 valence electrons. The van der Waals surface area contributed by atoms with Crippen LogP contribution in [-0.2, 0) is 6.61 Å². The molecule has 0 atom stereocenters. The summed E-state index contributed by atoms with van der Waals surface area (Å²) in [6.07, 6.45) is 3.21. The summed E-state index contributed by atoms with van der Waals surface area (Å²) in [4.78, 5) is 37.1. The number of ether oxygens (including phenoxy) is 3. The number of hydrogen-bond donors (Lipinski definition) is 1. The van der Waals surface area contributed by atoms with E-state index in [0.29, 0.717) is 67.4 Å². The molecule has 0 bridgehead atoms. The van der Waals surface area contributed by atoms with E-state index in [4.69, 9.17) is 60.6 Å². The molecule has 14 heteroatoms. The van der Waals surface area contributed by atoms with Gasteiger partial charge in [0.25, 0.3) is 11.8 Å². The molecule has 49 heavy (non-hydrogen) atoms. The minimum atomic E-state index is -0.304. The van der Waals surface area contributed by atoms with Crippen molar-refractivity contribution < 1.29 is 28.9 Å². The Morgan fingerprint density at radius 3 is 1.65 bits per heavy atom. The number of phenols is 1. The van der Waals surface area contributed by atoms with Gasteiger partial charge >= 0.3 is 0 Å². The number of rotatable bonds is 5. The lowest BCUT2D eigenvalue weighted by molar-refractivity contribution is 0.0968. The van der Waals surface area contributed by atoms with Crippen LogP contribution in [0.4, 0.5) is 11.6 Å². The molecule has 2 amide bonds. The zero-order valence-electron chi connectivity index (χ0n) is 25.5. The Hall–Kier alpha value is -4.74. The molecule has 0 aliphatic carbocycles. The Bertz CT molecular complexity index is 1970. The average molecular weight is 740 g/mol. The van der Waals surface area contributed by atoms with Gasteiger partial charge in [0, 0.05) is 23.5 Å². The van der Waals surface area contributed by atoms with Gasteiger partial charge in [-0.2, -0.15) is 0 Å². The predicted octanol–water partition coefficient (Wildman–Crippen LogP) is 8.14. The van der Waals surface area contributed by atoms with Crippen LogP contribution in [0.2, 0.25) is 20.1 Å². The molecule has 3 aromatic carbocycles. The molecule has 0 fully saturated rings. The number of aromatic nitrogens is 2. The number of phenolic OH excluding ortho intramolecular Hbond substituents is 1. The number of fused-ring (bicyclic) bond motifs is 2. The summed E-state index contributed by atoms with van der Waals surface area (Å²) in [7, 11) is 0. The zero-order valence-corrected chi connectivity index (χ0v) is 28.5. The van der Waals surface area contributed by atoms with Crippen LogP contribution < -0.4 is 24.0 Å². The molecule has 2 aromatic heterocycles. The van der Waals surface area contributed by atoms with Crippen molar-refractivity contribution in [2.24, 2.45) is 0 Å². The molecule has 0 spiro atoms. The molecule has 0 unspecified atom stereocenters. The van der Waals surface area contributed by atoms with Gasteiger partial charge in [0.15, 0.2) is 34.6 Å². The molecule has 1 N–H and O–H groups in total. The van der Waals surface area contributed by atoms with Crippen LogP contribution in [0.15, 0.2) is 91.3 Å². The first-order valence-corrected chi connectivity index (χ1v) is 16.4. The van der Waals surface area contributed by atoms with Crippen molar-refractivity contribution in [3.05, 3.63) is 128 Å². The lowest BCUT2D eigenvalue weighted by Gasteiger charge is -2.28. The Labute approximate surface area is 301 Å². The molecular formula is C35H26Cl4N4O6. The first-order chi connectivity index (χ1) is 23.7. The van der Waals surface area contributed by atoms with Gasteiger partial charge in [-0.3, -0.25) is 19.4 Å². The summed E-state index contributed by atoms with van der Waals surface area (Å²) >= 11 is 24.4. The van der Waals surface area contributed by atoms with Crippen molar-refractivity contribution in [2.75, 3.05) is 36.1 Å². The number of benzene rings is 3. The molecule has 7 rings (SSSR count). The molecule has 10 nitrogen and oxygen atoms in total. The Kier molecular flexibility index (Phi) is 10.6. The minimum absolute atomic E-state index is 0.0281. The largest absolute Gasteiger partial charge is 0.505 e. The molecule has 2 aliphatic heterocycles. The number of amides is 2. The van der Waals surface area contributed by atoms with Crippen LogP contribution in [0.25, 0.3) is 0 Å². The van der Waals surface area contributed by atoms with Crippen LogP contribution in [0, 0.1) is 0 Å². The van der Waals surface area contributed by atoms with Crippen LogP contribution >= 0.6 is 46.4 Å². The van der Waals surface area contributed by atoms with Crippen LogP contribution in [0.5, 0.6) is 23.0 Å². The highest BCUT2D eigenvalue weighted by molar-refractivity contribution is 6.38. The van der Waals surface area contributed by atoms with Gasteiger partial charge in [0.2, 0.25) is 0 Å². The number of halogens is 4. The fourth-order valence-electron chi connectivity index (χ4n) is 5.05. The quantitative estimate of drug-likeness (QED) is 0.192. The summed E-state index contributed by atoms with van der Waals surface area (Å²) < 4.78 is 16.8. The van der Waals surface area contributed by atoms with Gasteiger partial charge in [-0.15, -0.1) is 0 Å². The maximum absolute atomic E-state index is 13.0. The van der Waals surface area contributed by atoms with Crippen molar-refractivity contribution in [1.29, 1.82) is 0 Å². The number of pyridine rings is 2. The first-order valence-electron chi connectivity index (χ1n) is 14.8. The van der Waals surface area contributed by atoms with Crippen LogP contribution in [-0.4, -0.2) is 53.2 Å². The molecule has 0 saturated carbocycles. The number of hydrogen-bond acceptors (Lipinski definition) is 8. The van der Waals surface area contributed by atoms with Crippen LogP contribution in [0.1, 0.15) is 26.3 Å². The third kappa shape index (κ3) is 7.63. The fourth-order valence-corrected chi connectivity index (χ4v) is 6.13. The van der Waals surface area contributed by atoms with Gasteiger partial charge in [-0.05, 0) is 54.1 Å². The van der Waals surface area contributed by atoms with Gasteiger partial charge in [0.05, 0.1) is 33.2 Å². The smallest absolute Gasteiger partial charge is 0.259 e. The number of nitrogens with zero attached hydrogens (tertiary/aromatic N) is 4. The van der Waals surface area contributed by atoms with E-state index in [1.807, 2.05) is 30.3 Å². The highest BCUT2D eigenvalue weighted by Crippen LogP contribution is 2.37. The lowest BCUT2D eigenvalue weighted by atomic mass is 10.1. The third-order valence-corrected chi connectivity index (χ3v) is 8.52. The summed E-state index contributed by atoms with van der Waals surface area (Å²) in [5, 5.41) is 10.2. The van der Waals surface area contributed by atoms with Gasteiger partial charge in [-0.1, -0.05) is 76.7 Å². The minimum Gasteiger partial charge on any atom is -0.505 e. The van der Waals surface area contributed by atoms with E-state index in [0.717, 1.165) is 5.56 Å². The van der Waals surface area contributed by atoms with Crippen molar-refractivity contribution in [3.8, 4) is 23.0 Å². The summed E-state index contributed by atoms with van der Waals surface area (Å²) in [5.41, 5.74) is 1.63. The second-order valence-corrected chi connectivity index (χ2v) is 12.2. The standard InChI is InChI=1S/C21H16Cl2N2O3.C14H10Cl2N2O3/c22-16-11-15(12-17(23)19(16)28-13-14-5-2-1-3-6-14)21(26)25-9-10-27-18-7-4-8-24-20(18)25;15-9-6-8(7-10(16)12(9)19)14(20)18-4-5-21-11-2-1-3-17-13(11)18/h1-8,11-12H,9-10,13H2;1-3,6-7,19H,4-5H2. The lowest BCUT2D eigenvalue weighted by Crippen LogP contribution is -2.38. The zero-order chi connectivity index (χ0) is 34.5. The van der Waals surface area contributed by atoms with Crippen molar-refractivity contribution in [3.63, 3.8) is 0 Å². The maximum Gasteiger partial charge on any atom is 0.259 e. The Morgan fingerprint density at radius 2 is 1.16 bits per heavy atom. The van der Waals surface area contributed by atoms with Gasteiger partial charge in [-0.25, -0.2) is 9.97 Å². The Morgan fingerprint density at radius 1 is 0.694 bits per heavy atom. The van der Waals surface area contributed by atoms with Crippen molar-refractivity contribution >= 4 is 69.9 Å². The molecule has 0 saturated heterocycles. The van der Waals surface area contributed by atoms with Gasteiger partial charge in [0.1, 0.15) is 19.8 Å². The van der Waals surface area contributed by atoms with E-state index in [2.05, 4.69) is 9.97 Å². The molecule has 0 radical (unpaired) electrons. The monoisotopic (exact) mass is 738 g/mol. The third-order valence-electron chi connectivity index (χ3n) is 7.38. The summed E-state index contributed by atoms with van der Waals surface area (Å²) in [6.45, 7) is 1.87. The second kappa shape index (κ2) is 15.2. The highest BCUT2D eigenvalue weighted by Gasteiger charge is 2.28. The van der Waals surface area contributed by atoms with Crippen molar-refractivity contribution in [1.82, 2.24) is 9.97 Å². The number of anilines is 2. The van der Waals surface area contributed by atoms with Crippen molar-refractivity contribution in [2.45, 2.75) is 6.61 Å². The molecule has 4 heterocycles. The summed E-state index contributed by atoms with van der Waals surface area (Å²) in [5.74, 6) is 1.61. The molecule has 5 aromatic rings. The normalized spacial score (nSPS) is 13.1. The topological polar surface area (TPSA) is 114 Å². The maximum atomic E-state index is 13.0. The predicted molar refractivity (Wildman–Crippen MR) is 188 cm³/mol. The number of carbonyl (C=O) groups is 2. The highest BCUT2D eigenvalue weighted by atomic mass is 35.5. The van der Waals surface area contributed by atoms with Gasteiger partial charge < -0.3 is 19.3 Å². The first kappa shape index (κ1) is 34.1. The van der Waals surface area contributed by atoms with E-state index in [1.165, 1.54) is 17.0 Å². The fraction of sp³-hybridized carbons (Fsp3) is 0.143. The molecular weight excluding hydrogens is 714 g/mol. The number of carbonyl (C=O) groups excluding carboxylic acids is 2. The molecule has 2 aliphatic rings. The average Bonchev–Trinajstić information content (AvgIpc) is 3.13. The van der Waals surface area contributed by atoms with E-state index < -0.39 is 0 Å². The van der Waals surface area contributed by atoms with E-state index in [-0.39, 0.29) is 43.2 Å². The Balaban J connectivity index is 0.000000177. The van der Waals surface area contributed by atoms with E-state index in [1.54, 1.807) is 53.7 Å². The number of aromatic hydroxyl groups is 1. The second-order valence-electron chi connectivity index (χ2n) is 10.6. The summed E-state index contributed by atoms with van der Waals surface area (Å²) in [6, 6.07) is 22.6. The van der Waals surface area contributed by atoms with E-state index in [9.17, 15) is 14.7 Å². The SMILES string of the molecule is O=C(c1cc(Cl)c(O)c(Cl)c1)N1CCOc2cccnc21.O=C(c1cc(Cl)c(OCc2ccccc2)c(Cl)c1)N1CCOc2cccnc21. The van der Waals surface area contributed by atoms with E-state index >= 15 is 0 Å². The van der Waals surface area contributed by atoms with Crippen LogP contribution in [0.3, 0.4) is 0 Å².